The van der Waals surface area contributed by atoms with E-state index in [4.69, 9.17) is 4.74 Å². The number of fused-ring (bicyclic) bond motifs is 1. The van der Waals surface area contributed by atoms with E-state index in [9.17, 15) is 17.6 Å². The zero-order chi connectivity index (χ0) is 19.9. The number of rotatable bonds is 3. The zero-order valence-corrected chi connectivity index (χ0v) is 16.3. The fourth-order valence-corrected chi connectivity index (χ4v) is 4.70. The predicted molar refractivity (Wildman–Crippen MR) is 103 cm³/mol. The average Bonchev–Trinajstić information content (AvgIpc) is 3.12. The van der Waals surface area contributed by atoms with Crippen LogP contribution < -0.4 is 4.31 Å². The molecule has 2 aliphatic heterocycles. The molecule has 2 aliphatic rings. The first-order valence-corrected chi connectivity index (χ1v) is 10.9. The molecule has 28 heavy (non-hydrogen) atoms. The largest absolute Gasteiger partial charge is 0.370 e. The lowest BCUT2D eigenvalue weighted by Crippen LogP contribution is -2.42. The molecule has 0 aliphatic carbocycles. The average molecular weight is 404 g/mol. The normalized spacial score (nSPS) is 19.6. The third kappa shape index (κ3) is 3.62. The van der Waals surface area contributed by atoms with Gasteiger partial charge in [0.2, 0.25) is 10.0 Å². The minimum atomic E-state index is -3.32. The number of halogens is 1. The maximum atomic E-state index is 13.1. The van der Waals surface area contributed by atoms with Crippen LogP contribution in [0, 0.1) is 5.82 Å². The molecule has 6 nitrogen and oxygen atoms in total. The molecule has 8 heteroatoms. The third-order valence-electron chi connectivity index (χ3n) is 5.18. The molecular formula is C20H21FN2O4S. The van der Waals surface area contributed by atoms with Crippen molar-refractivity contribution in [2.75, 3.05) is 36.8 Å². The third-order valence-corrected chi connectivity index (χ3v) is 6.36. The summed E-state index contributed by atoms with van der Waals surface area (Å²) in [5, 5.41) is 0. The van der Waals surface area contributed by atoms with Gasteiger partial charge in [-0.25, -0.2) is 12.8 Å². The Labute approximate surface area is 163 Å². The lowest BCUT2D eigenvalue weighted by atomic mass is 10.0. The highest BCUT2D eigenvalue weighted by molar-refractivity contribution is 7.92. The fourth-order valence-electron chi connectivity index (χ4n) is 3.74. The molecule has 2 heterocycles. The molecule has 0 saturated carbocycles. The number of morpholine rings is 1. The lowest BCUT2D eigenvalue weighted by molar-refractivity contribution is -0.0228. The van der Waals surface area contributed by atoms with Crippen molar-refractivity contribution in [3.63, 3.8) is 0 Å². The minimum Gasteiger partial charge on any atom is -0.370 e. The van der Waals surface area contributed by atoms with Crippen LogP contribution in [-0.4, -0.2) is 51.7 Å². The van der Waals surface area contributed by atoms with Crippen molar-refractivity contribution >= 4 is 21.6 Å². The number of hydrogen-bond acceptors (Lipinski definition) is 4. The Hall–Kier alpha value is -2.45. The van der Waals surface area contributed by atoms with E-state index in [1.165, 1.54) is 22.7 Å². The van der Waals surface area contributed by atoms with Crippen LogP contribution in [0.1, 0.15) is 27.6 Å². The van der Waals surface area contributed by atoms with E-state index < -0.39 is 10.0 Å². The number of ether oxygens (including phenoxy) is 1. The van der Waals surface area contributed by atoms with E-state index >= 15 is 0 Å². The molecule has 1 amide bonds. The Balaban J connectivity index is 1.52. The first-order chi connectivity index (χ1) is 13.3. The molecule has 2 aromatic carbocycles. The SMILES string of the molecule is CS(=O)(=O)N1CCc2cc(C(=O)N3CCOC(c4ccc(F)cc4)C3)ccc21. The van der Waals surface area contributed by atoms with Crippen LogP contribution in [0.25, 0.3) is 0 Å². The van der Waals surface area contributed by atoms with Gasteiger partial charge in [-0.15, -0.1) is 0 Å². The molecule has 4 rings (SSSR count). The summed E-state index contributed by atoms with van der Waals surface area (Å²) < 4.78 is 44.0. The van der Waals surface area contributed by atoms with Gasteiger partial charge in [0.05, 0.1) is 25.1 Å². The second-order valence-electron chi connectivity index (χ2n) is 7.09. The van der Waals surface area contributed by atoms with Crippen LogP contribution in [-0.2, 0) is 21.2 Å². The van der Waals surface area contributed by atoms with Gasteiger partial charge in [-0.3, -0.25) is 9.10 Å². The highest BCUT2D eigenvalue weighted by Crippen LogP contribution is 2.31. The Morgan fingerprint density at radius 2 is 1.89 bits per heavy atom. The number of carbonyl (C=O) groups excluding carboxylic acids is 1. The second kappa shape index (κ2) is 7.18. The Bertz CT molecular complexity index is 1010. The number of carbonyl (C=O) groups is 1. The van der Waals surface area contributed by atoms with Crippen molar-refractivity contribution in [1.29, 1.82) is 0 Å². The van der Waals surface area contributed by atoms with Gasteiger partial charge in [-0.05, 0) is 47.9 Å². The predicted octanol–water partition coefficient (Wildman–Crippen LogP) is 2.36. The van der Waals surface area contributed by atoms with Gasteiger partial charge in [0.25, 0.3) is 5.91 Å². The minimum absolute atomic E-state index is 0.115. The molecule has 0 aromatic heterocycles. The van der Waals surface area contributed by atoms with Gasteiger partial charge in [-0.1, -0.05) is 12.1 Å². The van der Waals surface area contributed by atoms with Crippen molar-refractivity contribution < 1.29 is 22.3 Å². The molecule has 2 aromatic rings. The molecule has 148 valence electrons. The molecule has 0 radical (unpaired) electrons. The number of sulfonamides is 1. The summed E-state index contributed by atoms with van der Waals surface area (Å²) in [6, 6.07) is 11.3. The van der Waals surface area contributed by atoms with Crippen molar-refractivity contribution in [3.05, 3.63) is 65.0 Å². The molecule has 0 bridgehead atoms. The van der Waals surface area contributed by atoms with Crippen LogP contribution >= 0.6 is 0 Å². The number of anilines is 1. The highest BCUT2D eigenvalue weighted by Gasteiger charge is 2.29. The Morgan fingerprint density at radius 3 is 2.61 bits per heavy atom. The van der Waals surface area contributed by atoms with E-state index in [1.54, 1.807) is 35.2 Å². The summed E-state index contributed by atoms with van der Waals surface area (Å²) in [4.78, 5) is 14.7. The van der Waals surface area contributed by atoms with Crippen molar-refractivity contribution in [2.24, 2.45) is 0 Å². The van der Waals surface area contributed by atoms with Gasteiger partial charge in [0.15, 0.2) is 0 Å². The summed E-state index contributed by atoms with van der Waals surface area (Å²) in [5.41, 5.74) is 2.87. The van der Waals surface area contributed by atoms with Gasteiger partial charge >= 0.3 is 0 Å². The molecule has 0 spiro atoms. The van der Waals surface area contributed by atoms with Crippen LogP contribution in [0.2, 0.25) is 0 Å². The van der Waals surface area contributed by atoms with E-state index in [0.29, 0.717) is 43.9 Å². The van der Waals surface area contributed by atoms with Crippen LogP contribution in [0.4, 0.5) is 10.1 Å². The van der Waals surface area contributed by atoms with Crippen LogP contribution in [0.5, 0.6) is 0 Å². The molecular weight excluding hydrogens is 383 g/mol. The summed E-state index contributed by atoms with van der Waals surface area (Å²) >= 11 is 0. The first kappa shape index (κ1) is 18.9. The summed E-state index contributed by atoms with van der Waals surface area (Å²) in [6.45, 7) is 1.66. The van der Waals surface area contributed by atoms with Gasteiger partial charge < -0.3 is 9.64 Å². The van der Waals surface area contributed by atoms with Crippen LogP contribution in [0.3, 0.4) is 0 Å². The number of nitrogens with zero attached hydrogens (tertiary/aromatic N) is 2. The topological polar surface area (TPSA) is 66.9 Å². The van der Waals surface area contributed by atoms with Gasteiger partial charge in [0, 0.05) is 18.7 Å². The number of hydrogen-bond donors (Lipinski definition) is 0. The quantitative estimate of drug-likeness (QED) is 0.788. The maximum absolute atomic E-state index is 13.1. The standard InChI is InChI=1S/C20H21FN2O4S/c1-28(25,26)23-9-8-15-12-16(4-7-18(15)23)20(24)22-10-11-27-19(13-22)14-2-5-17(21)6-3-14/h2-7,12,19H,8-11,13H2,1H3. The van der Waals surface area contributed by atoms with E-state index in [1.807, 2.05) is 0 Å². The number of amides is 1. The van der Waals surface area contributed by atoms with E-state index in [2.05, 4.69) is 0 Å². The lowest BCUT2D eigenvalue weighted by Gasteiger charge is -2.33. The summed E-state index contributed by atoms with van der Waals surface area (Å²) in [6.07, 6.45) is 1.48. The first-order valence-electron chi connectivity index (χ1n) is 9.10. The van der Waals surface area contributed by atoms with Crippen molar-refractivity contribution in [2.45, 2.75) is 12.5 Å². The van der Waals surface area contributed by atoms with Crippen LogP contribution in [0.15, 0.2) is 42.5 Å². The zero-order valence-electron chi connectivity index (χ0n) is 15.5. The smallest absolute Gasteiger partial charge is 0.254 e. The van der Waals surface area contributed by atoms with E-state index in [0.717, 1.165) is 11.1 Å². The number of benzene rings is 2. The molecule has 1 atom stereocenters. The van der Waals surface area contributed by atoms with Gasteiger partial charge in [0.1, 0.15) is 11.9 Å². The fraction of sp³-hybridized carbons (Fsp3) is 0.350. The van der Waals surface area contributed by atoms with E-state index in [-0.39, 0.29) is 17.8 Å². The summed E-state index contributed by atoms with van der Waals surface area (Å²) in [7, 11) is -3.32. The second-order valence-corrected chi connectivity index (χ2v) is 9.00. The molecule has 1 fully saturated rings. The Kier molecular flexibility index (Phi) is 4.84. The maximum Gasteiger partial charge on any atom is 0.254 e. The monoisotopic (exact) mass is 404 g/mol. The van der Waals surface area contributed by atoms with Gasteiger partial charge in [-0.2, -0.15) is 0 Å². The van der Waals surface area contributed by atoms with Crippen molar-refractivity contribution in [3.8, 4) is 0 Å². The molecule has 0 N–H and O–H groups in total. The van der Waals surface area contributed by atoms with Crippen molar-refractivity contribution in [1.82, 2.24) is 4.90 Å². The molecule has 1 saturated heterocycles. The molecule has 1 unspecified atom stereocenters. The Morgan fingerprint density at radius 1 is 1.14 bits per heavy atom. The highest BCUT2D eigenvalue weighted by atomic mass is 32.2. The summed E-state index contributed by atoms with van der Waals surface area (Å²) in [5.74, 6) is -0.426.